The number of carbonyl (C=O) groups is 3. The Kier molecular flexibility index (Phi) is 27.5. The van der Waals surface area contributed by atoms with E-state index in [9.17, 15) is 34.1 Å². The molecule has 1 amide bonds. The lowest BCUT2D eigenvalue weighted by atomic mass is 10.1. The van der Waals surface area contributed by atoms with Gasteiger partial charge in [0, 0.05) is 12.8 Å². The van der Waals surface area contributed by atoms with Crippen LogP contribution in [0.2, 0.25) is 0 Å². The molecule has 0 fully saturated rings. The maximum Gasteiger partial charge on any atom is 0.472 e. The number of aliphatic hydroxyl groups is 1. The average molecular weight is 650 g/mol. The summed E-state index contributed by atoms with van der Waals surface area (Å²) in [6.45, 7) is 2.44. The first-order valence-electron chi connectivity index (χ1n) is 16.7. The third-order valence-corrected chi connectivity index (χ3v) is 8.01. The maximum absolute atomic E-state index is 12.1. The first-order chi connectivity index (χ1) is 21.1. The Balaban J connectivity index is 3.97. The predicted molar refractivity (Wildman–Crippen MR) is 171 cm³/mol. The molecule has 0 aromatic carbocycles. The summed E-state index contributed by atoms with van der Waals surface area (Å²) in [6.07, 6.45) is 22.9. The molecule has 0 aromatic rings. The third kappa shape index (κ3) is 27.7. The molecule has 0 aliphatic carbocycles. The normalized spacial score (nSPS) is 14.3. The van der Waals surface area contributed by atoms with Crippen molar-refractivity contribution < 1.29 is 47.8 Å². The second-order valence-corrected chi connectivity index (χ2v) is 12.8. The van der Waals surface area contributed by atoms with Crippen LogP contribution in [0.25, 0.3) is 0 Å². The molecule has 4 N–H and O–H groups in total. The van der Waals surface area contributed by atoms with Gasteiger partial charge in [0.05, 0.1) is 13.2 Å². The highest BCUT2D eigenvalue weighted by Gasteiger charge is 2.28. The van der Waals surface area contributed by atoms with Gasteiger partial charge in [0.25, 0.3) is 0 Å². The molecule has 258 valence electrons. The second kappa shape index (κ2) is 28.7. The number of esters is 1. The fourth-order valence-corrected chi connectivity index (χ4v) is 5.14. The van der Waals surface area contributed by atoms with Crippen LogP contribution < -0.4 is 5.32 Å². The van der Waals surface area contributed by atoms with E-state index in [1.54, 1.807) is 0 Å². The number of hydrogen-bond donors (Lipinski definition) is 4. The number of phosphoric ester groups is 1. The summed E-state index contributed by atoms with van der Waals surface area (Å²) < 4.78 is 26.5. The lowest BCUT2D eigenvalue weighted by Crippen LogP contribution is -2.43. The number of amides is 1. The highest BCUT2D eigenvalue weighted by molar-refractivity contribution is 7.47. The van der Waals surface area contributed by atoms with Crippen LogP contribution in [-0.2, 0) is 32.7 Å². The van der Waals surface area contributed by atoms with Gasteiger partial charge in [0.2, 0.25) is 5.91 Å². The van der Waals surface area contributed by atoms with Crippen LogP contribution >= 0.6 is 7.82 Å². The van der Waals surface area contributed by atoms with Gasteiger partial charge in [-0.25, -0.2) is 9.36 Å². The minimum Gasteiger partial charge on any atom is -0.480 e. The quantitative estimate of drug-likeness (QED) is 0.0266. The van der Waals surface area contributed by atoms with E-state index >= 15 is 0 Å². The summed E-state index contributed by atoms with van der Waals surface area (Å²) in [5, 5.41) is 21.5. The standard InChI is InChI=1S/C32H60NO10P/c1-3-5-7-9-11-12-13-14-15-16-17-18-20-22-24-31(36)41-25-28(34)26-42-44(39,40)43-27-29(32(37)38)33-30(35)23-21-19-10-8-6-4-2/h13-14,28-29,34H,3-12,15-27H2,1-2H3,(H,33,35)(H,37,38)(H,39,40)/b14-13-. The number of aliphatic carboxylic acids is 1. The average Bonchev–Trinajstić information content (AvgIpc) is 2.99. The fourth-order valence-electron chi connectivity index (χ4n) is 4.37. The molecule has 3 atom stereocenters. The number of carboxylic acid groups (broad SMARTS) is 1. The molecule has 3 unspecified atom stereocenters. The Labute approximate surface area is 265 Å². The number of hydrogen-bond acceptors (Lipinski definition) is 8. The number of nitrogens with one attached hydrogen (secondary N) is 1. The molecule has 44 heavy (non-hydrogen) atoms. The molecule has 11 nitrogen and oxygen atoms in total. The SMILES string of the molecule is CCCCCCC/C=C\CCCCCCCC(=O)OCC(O)COP(=O)(O)OCC(NC(=O)CCCCCCCC)C(=O)O. The van der Waals surface area contributed by atoms with E-state index in [4.69, 9.17) is 13.8 Å². The van der Waals surface area contributed by atoms with Gasteiger partial charge in [-0.05, 0) is 38.5 Å². The lowest BCUT2D eigenvalue weighted by molar-refractivity contribution is -0.147. The molecule has 0 spiro atoms. The zero-order valence-corrected chi connectivity index (χ0v) is 28.1. The molecular weight excluding hydrogens is 589 g/mol. The van der Waals surface area contributed by atoms with Crippen LogP contribution in [0.5, 0.6) is 0 Å². The molecule has 0 heterocycles. The van der Waals surface area contributed by atoms with E-state index < -0.39 is 57.6 Å². The second-order valence-electron chi connectivity index (χ2n) is 11.4. The van der Waals surface area contributed by atoms with Crippen molar-refractivity contribution in [2.75, 3.05) is 19.8 Å². The van der Waals surface area contributed by atoms with E-state index in [1.165, 1.54) is 32.1 Å². The summed E-state index contributed by atoms with van der Waals surface area (Å²) in [6, 6.07) is -1.54. The summed E-state index contributed by atoms with van der Waals surface area (Å²) in [5.74, 6) is -2.39. The minimum atomic E-state index is -4.73. The largest absolute Gasteiger partial charge is 0.480 e. The maximum atomic E-state index is 12.1. The molecule has 0 aliphatic heterocycles. The summed E-state index contributed by atoms with van der Waals surface area (Å²) in [5.41, 5.74) is 0. The number of carbonyl (C=O) groups excluding carboxylic acids is 2. The van der Waals surface area contributed by atoms with E-state index in [0.717, 1.165) is 70.6 Å². The molecule has 0 aromatic heterocycles. The third-order valence-electron chi connectivity index (χ3n) is 7.05. The van der Waals surface area contributed by atoms with Crippen LogP contribution in [-0.4, -0.2) is 64.9 Å². The number of aliphatic hydroxyl groups excluding tert-OH is 1. The van der Waals surface area contributed by atoms with Gasteiger partial charge in [0.1, 0.15) is 12.7 Å². The van der Waals surface area contributed by atoms with Crippen LogP contribution in [0.15, 0.2) is 12.2 Å². The molecule has 0 radical (unpaired) electrons. The van der Waals surface area contributed by atoms with E-state index in [0.29, 0.717) is 12.8 Å². The number of ether oxygens (including phenoxy) is 1. The van der Waals surface area contributed by atoms with Gasteiger partial charge in [0.15, 0.2) is 6.04 Å². The minimum absolute atomic E-state index is 0.144. The number of carboxylic acids is 1. The smallest absolute Gasteiger partial charge is 0.472 e. The molecule has 0 aliphatic rings. The van der Waals surface area contributed by atoms with Crippen LogP contribution in [0.4, 0.5) is 0 Å². The van der Waals surface area contributed by atoms with Crippen molar-refractivity contribution in [3.63, 3.8) is 0 Å². The van der Waals surface area contributed by atoms with Crippen molar-refractivity contribution in [3.05, 3.63) is 12.2 Å². The van der Waals surface area contributed by atoms with Gasteiger partial charge in [-0.1, -0.05) is 103 Å². The Bertz CT molecular complexity index is 823. The Morgan fingerprint density at radius 3 is 1.73 bits per heavy atom. The highest BCUT2D eigenvalue weighted by atomic mass is 31.2. The Hall–Kier alpha value is -1.78. The predicted octanol–water partition coefficient (Wildman–Crippen LogP) is 6.99. The van der Waals surface area contributed by atoms with Crippen molar-refractivity contribution in [2.45, 2.75) is 154 Å². The number of unbranched alkanes of at least 4 members (excludes halogenated alkanes) is 15. The van der Waals surface area contributed by atoms with E-state index in [2.05, 4.69) is 31.3 Å². The fraction of sp³-hybridized carbons (Fsp3) is 0.844. The van der Waals surface area contributed by atoms with E-state index in [1.807, 2.05) is 0 Å². The summed E-state index contributed by atoms with van der Waals surface area (Å²) >= 11 is 0. The molecular formula is C32H60NO10P. The molecule has 0 saturated carbocycles. The van der Waals surface area contributed by atoms with E-state index in [-0.39, 0.29) is 12.8 Å². The Morgan fingerprint density at radius 2 is 1.18 bits per heavy atom. The number of phosphoric acid groups is 1. The van der Waals surface area contributed by atoms with Crippen molar-refractivity contribution >= 4 is 25.7 Å². The van der Waals surface area contributed by atoms with Gasteiger partial charge >= 0.3 is 19.8 Å². The zero-order chi connectivity index (χ0) is 32.9. The monoisotopic (exact) mass is 649 g/mol. The number of rotatable bonds is 31. The zero-order valence-electron chi connectivity index (χ0n) is 27.2. The van der Waals surface area contributed by atoms with Gasteiger partial charge < -0.3 is 25.2 Å². The highest BCUT2D eigenvalue weighted by Crippen LogP contribution is 2.43. The van der Waals surface area contributed by atoms with Crippen LogP contribution in [0.3, 0.4) is 0 Å². The molecule has 0 saturated heterocycles. The first kappa shape index (κ1) is 42.2. The van der Waals surface area contributed by atoms with Gasteiger partial charge in [-0.2, -0.15) is 0 Å². The Morgan fingerprint density at radius 1 is 0.705 bits per heavy atom. The lowest BCUT2D eigenvalue weighted by Gasteiger charge is -2.18. The van der Waals surface area contributed by atoms with Crippen molar-refractivity contribution in [2.24, 2.45) is 0 Å². The number of allylic oxidation sites excluding steroid dienone is 2. The van der Waals surface area contributed by atoms with Gasteiger partial charge in [-0.3, -0.25) is 18.6 Å². The molecule has 12 heteroatoms. The van der Waals surface area contributed by atoms with Crippen LogP contribution in [0, 0.1) is 0 Å². The van der Waals surface area contributed by atoms with Crippen molar-refractivity contribution in [1.82, 2.24) is 5.32 Å². The molecule has 0 bridgehead atoms. The topological polar surface area (TPSA) is 169 Å². The van der Waals surface area contributed by atoms with Gasteiger partial charge in [-0.15, -0.1) is 0 Å². The van der Waals surface area contributed by atoms with Crippen LogP contribution in [0.1, 0.15) is 142 Å². The van der Waals surface area contributed by atoms with Crippen molar-refractivity contribution in [1.29, 1.82) is 0 Å². The molecule has 0 rings (SSSR count). The summed E-state index contributed by atoms with van der Waals surface area (Å²) in [4.78, 5) is 45.2. The summed E-state index contributed by atoms with van der Waals surface area (Å²) in [7, 11) is -4.73. The first-order valence-corrected chi connectivity index (χ1v) is 18.2. The van der Waals surface area contributed by atoms with Crippen molar-refractivity contribution in [3.8, 4) is 0 Å².